The van der Waals surface area contributed by atoms with Gasteiger partial charge >= 0.3 is 11.9 Å². The van der Waals surface area contributed by atoms with Crippen LogP contribution < -0.4 is 29.3 Å². The van der Waals surface area contributed by atoms with Crippen LogP contribution in [-0.2, 0) is 25.7 Å². The van der Waals surface area contributed by atoms with Crippen LogP contribution in [0.4, 0.5) is 10.1 Å². The number of methoxy groups -OCH3 is 1. The Morgan fingerprint density at radius 1 is 1.02 bits per heavy atom. The molecule has 10 nitrogen and oxygen atoms in total. The molecule has 0 saturated heterocycles. The van der Waals surface area contributed by atoms with Gasteiger partial charge in [0.05, 0.1) is 48.8 Å². The second kappa shape index (κ2) is 12.2. The summed E-state index contributed by atoms with van der Waals surface area (Å²) in [7, 11) is 1.41. The first kappa shape index (κ1) is 30.7. The number of fused-ring (bicyclic) bond motifs is 2. The fourth-order valence-electron chi connectivity index (χ4n) is 5.70. The van der Waals surface area contributed by atoms with Crippen molar-refractivity contribution in [3.05, 3.63) is 120 Å². The van der Waals surface area contributed by atoms with Gasteiger partial charge in [0.2, 0.25) is 0 Å². The summed E-state index contributed by atoms with van der Waals surface area (Å²) in [5, 5.41) is 0. The molecule has 12 heteroatoms. The number of hydrogen-bond donors (Lipinski definition) is 0. The van der Waals surface area contributed by atoms with E-state index in [1.165, 1.54) is 35.6 Å². The van der Waals surface area contributed by atoms with Crippen molar-refractivity contribution in [3.8, 4) is 11.5 Å². The van der Waals surface area contributed by atoms with Crippen LogP contribution in [0.3, 0.4) is 0 Å². The quantitative estimate of drug-likeness (QED) is 0.223. The smallest absolute Gasteiger partial charge is 0.338 e. The molecule has 0 fully saturated rings. The summed E-state index contributed by atoms with van der Waals surface area (Å²) in [5.74, 6) is -1.74. The molecule has 0 N–H and O–H groups in total. The van der Waals surface area contributed by atoms with Crippen LogP contribution in [0.2, 0.25) is 0 Å². The number of aromatic nitrogens is 1. The normalized spacial score (nSPS) is 16.5. The monoisotopic (exact) mass is 641 g/mol. The van der Waals surface area contributed by atoms with Gasteiger partial charge in [-0.25, -0.2) is 14.2 Å². The van der Waals surface area contributed by atoms with Crippen molar-refractivity contribution in [2.24, 2.45) is 4.99 Å². The van der Waals surface area contributed by atoms with Crippen LogP contribution in [0.25, 0.3) is 5.57 Å². The molecular formula is C34H28FN3O7S. The Balaban J connectivity index is 1.57. The van der Waals surface area contributed by atoms with Gasteiger partial charge in [-0.1, -0.05) is 53.8 Å². The van der Waals surface area contributed by atoms with E-state index in [1.54, 1.807) is 68.4 Å². The van der Waals surface area contributed by atoms with Crippen LogP contribution in [-0.4, -0.2) is 36.1 Å². The van der Waals surface area contributed by atoms with E-state index in [0.29, 0.717) is 28.1 Å². The molecule has 3 aromatic carbocycles. The fraction of sp³-hybridized carbons (Fsp3) is 0.206. The molecule has 4 aromatic rings. The maximum absolute atomic E-state index is 14.6. The molecule has 1 atom stereocenters. The lowest BCUT2D eigenvalue weighted by molar-refractivity contribution is -0.139. The van der Waals surface area contributed by atoms with Gasteiger partial charge in [0, 0.05) is 18.1 Å². The molecule has 6 rings (SSSR count). The van der Waals surface area contributed by atoms with E-state index in [2.05, 4.69) is 4.99 Å². The Morgan fingerprint density at radius 2 is 1.76 bits per heavy atom. The predicted octanol–water partition coefficient (Wildman–Crippen LogP) is 3.79. The van der Waals surface area contributed by atoms with Crippen molar-refractivity contribution in [1.29, 1.82) is 0 Å². The number of carbonyl (C=O) groups is 3. The van der Waals surface area contributed by atoms with Gasteiger partial charge in [-0.3, -0.25) is 19.0 Å². The Labute approximate surface area is 266 Å². The summed E-state index contributed by atoms with van der Waals surface area (Å²) >= 11 is 1.03. The summed E-state index contributed by atoms with van der Waals surface area (Å²) in [6, 6.07) is 16.9. The zero-order valence-electron chi connectivity index (χ0n) is 25.3. The molecule has 1 amide bonds. The molecule has 0 spiro atoms. The van der Waals surface area contributed by atoms with E-state index in [1.807, 2.05) is 0 Å². The third-order valence-corrected chi connectivity index (χ3v) is 8.74. The molecule has 0 radical (unpaired) electrons. The number of benzene rings is 3. The second-order valence-corrected chi connectivity index (χ2v) is 11.5. The largest absolute Gasteiger partial charge is 0.493 e. The topological polar surface area (TPSA) is 117 Å². The average Bonchev–Trinajstić information content (AvgIpc) is 3.49. The van der Waals surface area contributed by atoms with Crippen molar-refractivity contribution in [1.82, 2.24) is 4.57 Å². The first-order chi connectivity index (χ1) is 22.1. The van der Waals surface area contributed by atoms with E-state index in [0.717, 1.165) is 11.3 Å². The highest BCUT2D eigenvalue weighted by Crippen LogP contribution is 2.38. The number of hydrogen-bond acceptors (Lipinski definition) is 9. The summed E-state index contributed by atoms with van der Waals surface area (Å²) in [6.07, 6.45) is 0. The van der Waals surface area contributed by atoms with Gasteiger partial charge in [-0.2, -0.15) is 0 Å². The standard InChI is InChI=1S/C34H28FN3O7S/c1-5-44-33(42)27-18(2)36-34-38(29(27)20-14-15-25(45-19(3)39)26(16-20)43-4)32(41)30(46-34)28-22-11-7-9-13-24(22)37(31(28)40)17-21-10-6-8-12-23(21)35/h6-16,29H,5,17H2,1-4H3/b30-28-/t29-/m1/s1. The zero-order chi connectivity index (χ0) is 32.7. The van der Waals surface area contributed by atoms with Crippen LogP contribution in [0.1, 0.15) is 43.5 Å². The molecule has 0 bridgehead atoms. The van der Waals surface area contributed by atoms with Crippen molar-refractivity contribution >= 4 is 40.4 Å². The molecule has 3 heterocycles. The summed E-state index contributed by atoms with van der Waals surface area (Å²) in [5.41, 5.74) is 1.95. The highest BCUT2D eigenvalue weighted by Gasteiger charge is 2.38. The van der Waals surface area contributed by atoms with Gasteiger partial charge in [-0.05, 0) is 43.7 Å². The van der Waals surface area contributed by atoms with E-state index in [-0.39, 0.29) is 45.1 Å². The number of carbonyl (C=O) groups excluding carboxylic acids is 3. The number of esters is 2. The van der Waals surface area contributed by atoms with Crippen LogP contribution in [0.5, 0.6) is 11.5 Å². The summed E-state index contributed by atoms with van der Waals surface area (Å²) < 4.78 is 32.2. The van der Waals surface area contributed by atoms with Crippen molar-refractivity contribution in [2.45, 2.75) is 33.4 Å². The van der Waals surface area contributed by atoms with Gasteiger partial charge in [0.1, 0.15) is 10.3 Å². The SMILES string of the molecule is CCOC(=O)C1=C(C)N=c2s/c(=C3\C(=O)N(Cc4ccccc4F)c4ccccc43)c(=O)n2[C@@H]1c1ccc(OC(C)=O)c(OC)c1. The number of nitrogens with zero attached hydrogens (tertiary/aromatic N) is 3. The van der Waals surface area contributed by atoms with E-state index >= 15 is 0 Å². The highest BCUT2D eigenvalue weighted by atomic mass is 32.1. The Morgan fingerprint density at radius 3 is 2.48 bits per heavy atom. The molecule has 1 aromatic heterocycles. The fourth-order valence-corrected chi connectivity index (χ4v) is 6.84. The molecular weight excluding hydrogens is 613 g/mol. The summed E-state index contributed by atoms with van der Waals surface area (Å²) in [4.78, 5) is 59.9. The molecule has 234 valence electrons. The third-order valence-electron chi connectivity index (χ3n) is 7.69. The maximum atomic E-state index is 14.6. The van der Waals surface area contributed by atoms with Crippen molar-refractivity contribution in [2.75, 3.05) is 18.6 Å². The summed E-state index contributed by atoms with van der Waals surface area (Å²) in [6.45, 7) is 4.64. The number of halogens is 1. The lowest BCUT2D eigenvalue weighted by Gasteiger charge is -2.25. The average molecular weight is 642 g/mol. The van der Waals surface area contributed by atoms with Gasteiger partial charge in [0.15, 0.2) is 16.3 Å². The Kier molecular flexibility index (Phi) is 8.13. The molecule has 0 saturated carbocycles. The zero-order valence-corrected chi connectivity index (χ0v) is 26.1. The second-order valence-electron chi connectivity index (χ2n) is 10.5. The Hall–Kier alpha value is -5.36. The molecule has 0 aliphatic carbocycles. The third kappa shape index (κ3) is 5.20. The molecule has 2 aliphatic rings. The molecule has 0 unspecified atom stereocenters. The molecule has 46 heavy (non-hydrogen) atoms. The first-order valence-corrected chi connectivity index (χ1v) is 15.2. The predicted molar refractivity (Wildman–Crippen MR) is 168 cm³/mol. The number of ether oxygens (including phenoxy) is 3. The van der Waals surface area contributed by atoms with Crippen molar-refractivity contribution in [3.63, 3.8) is 0 Å². The van der Waals surface area contributed by atoms with E-state index < -0.39 is 35.3 Å². The van der Waals surface area contributed by atoms with Crippen LogP contribution in [0.15, 0.2) is 87.8 Å². The minimum atomic E-state index is -1.01. The molecule has 2 aliphatic heterocycles. The van der Waals surface area contributed by atoms with Gasteiger partial charge in [-0.15, -0.1) is 0 Å². The maximum Gasteiger partial charge on any atom is 0.338 e. The van der Waals surface area contributed by atoms with Crippen LogP contribution >= 0.6 is 11.3 Å². The number of thiazole rings is 1. The minimum absolute atomic E-state index is 0.0341. The minimum Gasteiger partial charge on any atom is -0.493 e. The number of para-hydroxylation sites is 1. The van der Waals surface area contributed by atoms with Gasteiger partial charge in [0.25, 0.3) is 11.5 Å². The number of rotatable bonds is 7. The van der Waals surface area contributed by atoms with E-state index in [4.69, 9.17) is 14.2 Å². The highest BCUT2D eigenvalue weighted by molar-refractivity contribution is 7.07. The lowest BCUT2D eigenvalue weighted by Crippen LogP contribution is -2.41. The number of allylic oxidation sites excluding steroid dienone is 1. The Bertz CT molecular complexity index is 2150. The van der Waals surface area contributed by atoms with Gasteiger partial charge < -0.3 is 19.1 Å². The first-order valence-electron chi connectivity index (χ1n) is 14.4. The van der Waals surface area contributed by atoms with Crippen LogP contribution in [0, 0.1) is 5.82 Å². The lowest BCUT2D eigenvalue weighted by atomic mass is 9.95. The number of amides is 1. The van der Waals surface area contributed by atoms with E-state index in [9.17, 15) is 23.6 Å². The number of anilines is 1. The van der Waals surface area contributed by atoms with Crippen molar-refractivity contribution < 1.29 is 33.0 Å².